The van der Waals surface area contributed by atoms with E-state index in [9.17, 15) is 9.18 Å². The monoisotopic (exact) mass is 306 g/mol. The zero-order valence-corrected chi connectivity index (χ0v) is 12.4. The molecule has 1 aromatic heterocycles. The second-order valence-electron chi connectivity index (χ2n) is 5.17. The number of halogens is 1. The lowest BCUT2D eigenvalue weighted by atomic mass is 10.1. The van der Waals surface area contributed by atoms with Gasteiger partial charge in [-0.25, -0.2) is 14.4 Å². The van der Waals surface area contributed by atoms with Gasteiger partial charge in [-0.3, -0.25) is 4.79 Å². The SMILES string of the molecule is O=C(c1ccccc1)c1cnc(CCc2ccccc2F)nc1. The predicted octanol–water partition coefficient (Wildman–Crippen LogP) is 3.63. The molecule has 3 rings (SSSR count). The van der Waals surface area contributed by atoms with Crippen LogP contribution in [-0.4, -0.2) is 15.8 Å². The van der Waals surface area contributed by atoms with E-state index in [0.717, 1.165) is 0 Å². The Morgan fingerprint density at radius 1 is 0.826 bits per heavy atom. The summed E-state index contributed by atoms with van der Waals surface area (Å²) < 4.78 is 13.6. The van der Waals surface area contributed by atoms with Gasteiger partial charge in [-0.05, 0) is 18.1 Å². The van der Waals surface area contributed by atoms with E-state index in [1.165, 1.54) is 18.5 Å². The fraction of sp³-hybridized carbons (Fsp3) is 0.105. The molecule has 1 heterocycles. The van der Waals surface area contributed by atoms with Crippen molar-refractivity contribution in [1.82, 2.24) is 9.97 Å². The van der Waals surface area contributed by atoms with Crippen molar-refractivity contribution >= 4 is 5.78 Å². The summed E-state index contributed by atoms with van der Waals surface area (Å²) in [6, 6.07) is 15.7. The van der Waals surface area contributed by atoms with Crippen LogP contribution < -0.4 is 0 Å². The lowest BCUT2D eigenvalue weighted by molar-refractivity contribution is 0.103. The van der Waals surface area contributed by atoms with Crippen LogP contribution in [0.15, 0.2) is 67.0 Å². The van der Waals surface area contributed by atoms with Gasteiger partial charge in [-0.2, -0.15) is 0 Å². The number of carbonyl (C=O) groups is 1. The number of nitrogens with zero attached hydrogens (tertiary/aromatic N) is 2. The predicted molar refractivity (Wildman–Crippen MR) is 85.7 cm³/mol. The number of ketones is 1. The van der Waals surface area contributed by atoms with Crippen LogP contribution in [0.4, 0.5) is 4.39 Å². The summed E-state index contributed by atoms with van der Waals surface area (Å²) in [7, 11) is 0. The largest absolute Gasteiger partial charge is 0.288 e. The van der Waals surface area contributed by atoms with Crippen molar-refractivity contribution in [3.63, 3.8) is 0 Å². The number of hydrogen-bond acceptors (Lipinski definition) is 3. The highest BCUT2D eigenvalue weighted by molar-refractivity contribution is 6.08. The van der Waals surface area contributed by atoms with Gasteiger partial charge in [0, 0.05) is 24.4 Å². The van der Waals surface area contributed by atoms with Gasteiger partial charge in [-0.1, -0.05) is 48.5 Å². The Bertz CT molecular complexity index is 801. The van der Waals surface area contributed by atoms with Crippen molar-refractivity contribution in [3.8, 4) is 0 Å². The fourth-order valence-electron chi connectivity index (χ4n) is 2.30. The quantitative estimate of drug-likeness (QED) is 0.676. The molecule has 3 aromatic rings. The topological polar surface area (TPSA) is 42.9 Å². The Balaban J connectivity index is 1.68. The number of hydrogen-bond donors (Lipinski definition) is 0. The van der Waals surface area contributed by atoms with Crippen LogP contribution in [0.3, 0.4) is 0 Å². The third kappa shape index (κ3) is 3.66. The first-order valence-corrected chi connectivity index (χ1v) is 7.38. The third-order valence-electron chi connectivity index (χ3n) is 3.58. The molecule has 0 aliphatic rings. The zero-order chi connectivity index (χ0) is 16.1. The molecular weight excluding hydrogens is 291 g/mol. The van der Waals surface area contributed by atoms with Gasteiger partial charge in [-0.15, -0.1) is 0 Å². The van der Waals surface area contributed by atoms with Gasteiger partial charge < -0.3 is 0 Å². The van der Waals surface area contributed by atoms with Gasteiger partial charge in [0.1, 0.15) is 11.6 Å². The van der Waals surface area contributed by atoms with Gasteiger partial charge >= 0.3 is 0 Å². The molecule has 0 amide bonds. The highest BCUT2D eigenvalue weighted by Crippen LogP contribution is 2.11. The zero-order valence-electron chi connectivity index (χ0n) is 12.4. The Morgan fingerprint density at radius 2 is 1.48 bits per heavy atom. The molecule has 0 aliphatic heterocycles. The smallest absolute Gasteiger partial charge is 0.196 e. The van der Waals surface area contributed by atoms with Crippen molar-refractivity contribution in [1.29, 1.82) is 0 Å². The normalized spacial score (nSPS) is 10.5. The number of rotatable bonds is 5. The first-order chi connectivity index (χ1) is 11.2. The van der Waals surface area contributed by atoms with Crippen molar-refractivity contribution in [3.05, 3.63) is 95.3 Å². The van der Waals surface area contributed by atoms with Gasteiger partial charge in [0.15, 0.2) is 5.78 Å². The fourth-order valence-corrected chi connectivity index (χ4v) is 2.30. The average molecular weight is 306 g/mol. The molecule has 0 N–H and O–H groups in total. The maximum atomic E-state index is 13.6. The minimum Gasteiger partial charge on any atom is -0.288 e. The lowest BCUT2D eigenvalue weighted by Crippen LogP contribution is -2.05. The first kappa shape index (κ1) is 15.0. The van der Waals surface area contributed by atoms with Gasteiger partial charge in [0.2, 0.25) is 0 Å². The Morgan fingerprint density at radius 3 is 2.17 bits per heavy atom. The maximum absolute atomic E-state index is 13.6. The van der Waals surface area contributed by atoms with Crippen LogP contribution in [0.5, 0.6) is 0 Å². The summed E-state index contributed by atoms with van der Waals surface area (Å²) in [6.07, 6.45) is 4.11. The molecule has 0 bridgehead atoms. The Kier molecular flexibility index (Phi) is 4.52. The van der Waals surface area contributed by atoms with E-state index < -0.39 is 0 Å². The van der Waals surface area contributed by atoms with Crippen LogP contribution in [0.25, 0.3) is 0 Å². The van der Waals surface area contributed by atoms with Crippen LogP contribution in [0, 0.1) is 5.82 Å². The molecule has 3 nitrogen and oxygen atoms in total. The summed E-state index contributed by atoms with van der Waals surface area (Å²) in [6.45, 7) is 0. The summed E-state index contributed by atoms with van der Waals surface area (Å²) in [5.41, 5.74) is 1.70. The van der Waals surface area contributed by atoms with Gasteiger partial charge in [0.25, 0.3) is 0 Å². The standard InChI is InChI=1S/C19H15FN2O/c20-17-9-5-4-6-14(17)10-11-18-21-12-16(13-22-18)19(23)15-7-2-1-3-8-15/h1-9,12-13H,10-11H2. The number of benzene rings is 2. The highest BCUT2D eigenvalue weighted by atomic mass is 19.1. The van der Waals surface area contributed by atoms with E-state index in [4.69, 9.17) is 0 Å². The molecule has 0 spiro atoms. The molecule has 4 heteroatoms. The molecule has 0 unspecified atom stereocenters. The molecule has 114 valence electrons. The van der Waals surface area contributed by atoms with Crippen molar-refractivity contribution in [2.75, 3.05) is 0 Å². The van der Waals surface area contributed by atoms with E-state index in [0.29, 0.717) is 35.4 Å². The number of carbonyl (C=O) groups excluding carboxylic acids is 1. The summed E-state index contributed by atoms with van der Waals surface area (Å²) in [4.78, 5) is 20.7. The molecule has 0 saturated carbocycles. The van der Waals surface area contributed by atoms with Crippen molar-refractivity contribution in [2.24, 2.45) is 0 Å². The van der Waals surface area contributed by atoms with Crippen LogP contribution >= 0.6 is 0 Å². The van der Waals surface area contributed by atoms with Crippen molar-refractivity contribution in [2.45, 2.75) is 12.8 Å². The van der Waals surface area contributed by atoms with Crippen molar-refractivity contribution < 1.29 is 9.18 Å². The number of aromatic nitrogens is 2. The van der Waals surface area contributed by atoms with E-state index in [1.807, 2.05) is 18.2 Å². The Labute approximate surface area is 133 Å². The van der Waals surface area contributed by atoms with Crippen LogP contribution in [-0.2, 0) is 12.8 Å². The van der Waals surface area contributed by atoms with E-state index in [-0.39, 0.29) is 11.6 Å². The van der Waals surface area contributed by atoms with Gasteiger partial charge in [0.05, 0.1) is 5.56 Å². The maximum Gasteiger partial charge on any atom is 0.196 e. The Hall–Kier alpha value is -2.88. The van der Waals surface area contributed by atoms with Crippen LogP contribution in [0.2, 0.25) is 0 Å². The summed E-state index contributed by atoms with van der Waals surface area (Å²) >= 11 is 0. The van der Waals surface area contributed by atoms with E-state index in [2.05, 4.69) is 9.97 Å². The molecule has 2 aromatic carbocycles. The van der Waals surface area contributed by atoms with Crippen LogP contribution in [0.1, 0.15) is 27.3 Å². The number of aryl methyl sites for hydroxylation is 2. The third-order valence-corrected chi connectivity index (χ3v) is 3.58. The molecule has 0 saturated heterocycles. The molecule has 0 atom stereocenters. The molecular formula is C19H15FN2O. The highest BCUT2D eigenvalue weighted by Gasteiger charge is 2.10. The average Bonchev–Trinajstić information content (AvgIpc) is 2.62. The molecule has 0 radical (unpaired) electrons. The van der Waals surface area contributed by atoms with E-state index in [1.54, 1.807) is 30.3 Å². The summed E-state index contributed by atoms with van der Waals surface area (Å²) in [5, 5.41) is 0. The minimum atomic E-state index is -0.219. The molecule has 23 heavy (non-hydrogen) atoms. The second kappa shape index (κ2) is 6.92. The summed E-state index contributed by atoms with van der Waals surface area (Å²) in [5.74, 6) is 0.271. The first-order valence-electron chi connectivity index (χ1n) is 7.38. The second-order valence-corrected chi connectivity index (χ2v) is 5.17. The molecule has 0 aliphatic carbocycles. The minimum absolute atomic E-state index is 0.105. The van der Waals surface area contributed by atoms with E-state index >= 15 is 0 Å². The lowest BCUT2D eigenvalue weighted by Gasteiger charge is -2.04. The molecule has 0 fully saturated rings.